The van der Waals surface area contributed by atoms with Crippen molar-refractivity contribution in [2.24, 2.45) is 16.6 Å². The Morgan fingerprint density at radius 1 is 1.29 bits per heavy atom. The highest BCUT2D eigenvalue weighted by Gasteiger charge is 2.36. The van der Waals surface area contributed by atoms with Crippen molar-refractivity contribution in [2.75, 3.05) is 32.7 Å². The zero-order chi connectivity index (χ0) is 17.3. The van der Waals surface area contributed by atoms with Crippen LogP contribution in [0.1, 0.15) is 26.7 Å². The number of nitrogens with zero attached hydrogens (tertiary/aromatic N) is 4. The van der Waals surface area contributed by atoms with Crippen molar-refractivity contribution in [3.8, 4) is 0 Å². The summed E-state index contributed by atoms with van der Waals surface area (Å²) in [6, 6.07) is 0.668. The van der Waals surface area contributed by atoms with Gasteiger partial charge in [-0.1, -0.05) is 6.58 Å². The first-order valence-electron chi connectivity index (χ1n) is 8.73. The molecule has 24 heavy (non-hydrogen) atoms. The Labute approximate surface area is 144 Å². The van der Waals surface area contributed by atoms with E-state index >= 15 is 0 Å². The molecule has 0 aromatic heterocycles. The Morgan fingerprint density at radius 3 is 2.54 bits per heavy atom. The number of allylic oxidation sites excluding steroid dienone is 3. The fourth-order valence-corrected chi connectivity index (χ4v) is 3.87. The number of hydrogen-bond donors (Lipinski definition) is 1. The molecule has 0 aromatic rings. The van der Waals surface area contributed by atoms with Crippen LogP contribution in [0.4, 0.5) is 4.39 Å². The lowest BCUT2D eigenvalue weighted by Crippen LogP contribution is -2.54. The van der Waals surface area contributed by atoms with Crippen LogP contribution in [-0.2, 0) is 0 Å². The van der Waals surface area contributed by atoms with Crippen molar-refractivity contribution in [2.45, 2.75) is 32.7 Å². The summed E-state index contributed by atoms with van der Waals surface area (Å²) in [5.41, 5.74) is 7.90. The van der Waals surface area contributed by atoms with Crippen molar-refractivity contribution >= 4 is 5.97 Å². The van der Waals surface area contributed by atoms with E-state index in [1.165, 1.54) is 19.0 Å². The van der Waals surface area contributed by atoms with Gasteiger partial charge in [-0.3, -0.25) is 4.90 Å². The molecule has 2 aliphatic heterocycles. The summed E-state index contributed by atoms with van der Waals surface area (Å²) in [6.45, 7) is 13.0. The predicted octanol–water partition coefficient (Wildman–Crippen LogP) is 2.26. The Bertz CT molecular complexity index is 576. The maximum Gasteiger partial charge on any atom is 0.238 e. The lowest BCUT2D eigenvalue weighted by molar-refractivity contribution is 0.0362. The molecule has 0 atom stereocenters. The maximum atomic E-state index is 13.9. The van der Waals surface area contributed by atoms with Gasteiger partial charge in [0, 0.05) is 62.6 Å². The molecule has 132 valence electrons. The van der Waals surface area contributed by atoms with Gasteiger partial charge in [-0.25, -0.2) is 4.99 Å². The van der Waals surface area contributed by atoms with Gasteiger partial charge in [0.15, 0.2) is 0 Å². The van der Waals surface area contributed by atoms with Crippen molar-refractivity contribution in [1.82, 2.24) is 14.7 Å². The quantitative estimate of drug-likeness (QED) is 0.857. The minimum atomic E-state index is -0.482. The van der Waals surface area contributed by atoms with Crippen LogP contribution in [0.15, 0.2) is 41.1 Å². The molecule has 1 aliphatic carbocycles. The Hall–Kier alpha value is -1.82. The molecule has 1 saturated heterocycles. The Balaban J connectivity index is 1.48. The highest BCUT2D eigenvalue weighted by molar-refractivity contribution is 5.93. The van der Waals surface area contributed by atoms with Crippen LogP contribution < -0.4 is 5.73 Å². The summed E-state index contributed by atoms with van der Waals surface area (Å²) in [6.07, 6.45) is 5.68. The summed E-state index contributed by atoms with van der Waals surface area (Å²) < 4.78 is 13.9. The topological polar surface area (TPSA) is 48.1 Å². The van der Waals surface area contributed by atoms with E-state index in [1.54, 1.807) is 6.92 Å². The monoisotopic (exact) mass is 333 g/mol. The molecule has 0 amide bonds. The molecular weight excluding hydrogens is 305 g/mol. The molecule has 0 spiro atoms. The van der Waals surface area contributed by atoms with Crippen LogP contribution in [0.2, 0.25) is 0 Å². The third-order valence-electron chi connectivity index (χ3n) is 5.33. The van der Waals surface area contributed by atoms with E-state index < -0.39 is 5.97 Å². The van der Waals surface area contributed by atoms with Crippen LogP contribution in [0.25, 0.3) is 0 Å². The van der Waals surface area contributed by atoms with Crippen molar-refractivity contribution in [3.63, 3.8) is 0 Å². The van der Waals surface area contributed by atoms with Gasteiger partial charge in [-0.15, -0.1) is 0 Å². The summed E-state index contributed by atoms with van der Waals surface area (Å²) in [4.78, 5) is 10.6. The molecule has 2 fully saturated rings. The molecule has 2 N–H and O–H groups in total. The molecule has 0 aromatic carbocycles. The number of halogens is 1. The van der Waals surface area contributed by atoms with E-state index in [9.17, 15) is 4.39 Å². The first-order chi connectivity index (χ1) is 11.5. The third-order valence-corrected chi connectivity index (χ3v) is 5.33. The molecule has 1 saturated carbocycles. The number of rotatable bonds is 4. The minimum Gasteiger partial charge on any atom is -0.400 e. The van der Waals surface area contributed by atoms with E-state index in [2.05, 4.69) is 28.3 Å². The molecule has 0 bridgehead atoms. The van der Waals surface area contributed by atoms with Gasteiger partial charge in [-0.2, -0.15) is 4.39 Å². The van der Waals surface area contributed by atoms with Gasteiger partial charge in [0.1, 0.15) is 5.70 Å². The van der Waals surface area contributed by atoms with E-state index in [4.69, 9.17) is 5.73 Å². The van der Waals surface area contributed by atoms with Crippen LogP contribution >= 0.6 is 0 Å². The standard InChI is InChI=1S/C18H28FN5/c1-13(2)22-6-8-23(9-7-22)16-10-15(11-16)12-24-5-4-21-18(19)17(24)14(3)20/h4-5,15-16H,1,6-12,20H2,2-3H3/b17-14-. The Kier molecular flexibility index (Phi) is 4.94. The number of hydrogen-bond acceptors (Lipinski definition) is 5. The first kappa shape index (κ1) is 17.0. The first-order valence-corrected chi connectivity index (χ1v) is 8.73. The molecule has 2 heterocycles. The average molecular weight is 333 g/mol. The van der Waals surface area contributed by atoms with E-state index in [0.29, 0.717) is 23.4 Å². The number of nitrogens with two attached hydrogens (primary N) is 1. The van der Waals surface area contributed by atoms with Gasteiger partial charge in [-0.05, 0) is 32.6 Å². The van der Waals surface area contributed by atoms with Crippen LogP contribution in [0.3, 0.4) is 0 Å². The summed E-state index contributed by atoms with van der Waals surface area (Å²) >= 11 is 0. The van der Waals surface area contributed by atoms with E-state index in [0.717, 1.165) is 38.4 Å². The molecular formula is C18H28FN5. The van der Waals surface area contributed by atoms with Gasteiger partial charge in [0.2, 0.25) is 5.97 Å². The second-order valence-corrected chi connectivity index (χ2v) is 7.15. The average Bonchev–Trinajstić information content (AvgIpc) is 2.50. The SMILES string of the molecule is C=C(C)N1CCN(C2CC(CN3C=CN=C(F)/C3=C(\C)N)C2)CC1. The van der Waals surface area contributed by atoms with Gasteiger partial charge in [0.05, 0.1) is 0 Å². The van der Waals surface area contributed by atoms with Crippen LogP contribution in [-0.4, -0.2) is 59.4 Å². The summed E-state index contributed by atoms with van der Waals surface area (Å²) in [5, 5.41) is 0. The smallest absolute Gasteiger partial charge is 0.238 e. The molecule has 0 unspecified atom stereocenters. The second kappa shape index (κ2) is 6.97. The molecule has 3 aliphatic rings. The second-order valence-electron chi connectivity index (χ2n) is 7.15. The lowest BCUT2D eigenvalue weighted by Gasteiger charge is -2.48. The van der Waals surface area contributed by atoms with E-state index in [-0.39, 0.29) is 0 Å². The predicted molar refractivity (Wildman–Crippen MR) is 95.7 cm³/mol. The van der Waals surface area contributed by atoms with Gasteiger partial charge < -0.3 is 15.5 Å². The fraction of sp³-hybridized carbons (Fsp3) is 0.611. The maximum absolute atomic E-state index is 13.9. The van der Waals surface area contributed by atoms with Crippen molar-refractivity contribution in [1.29, 1.82) is 0 Å². The highest BCUT2D eigenvalue weighted by Crippen LogP contribution is 2.34. The molecule has 3 rings (SSSR count). The third kappa shape index (κ3) is 3.48. The summed E-state index contributed by atoms with van der Waals surface area (Å²) in [7, 11) is 0. The molecule has 6 heteroatoms. The highest BCUT2D eigenvalue weighted by atomic mass is 19.1. The van der Waals surface area contributed by atoms with Crippen LogP contribution in [0.5, 0.6) is 0 Å². The lowest BCUT2D eigenvalue weighted by atomic mass is 9.78. The van der Waals surface area contributed by atoms with Crippen molar-refractivity contribution < 1.29 is 4.39 Å². The summed E-state index contributed by atoms with van der Waals surface area (Å²) in [5.74, 6) is 0.100. The number of aliphatic imine (C=N–C) groups is 1. The zero-order valence-corrected chi connectivity index (χ0v) is 14.7. The Morgan fingerprint density at radius 2 is 1.96 bits per heavy atom. The van der Waals surface area contributed by atoms with E-state index in [1.807, 2.05) is 11.1 Å². The van der Waals surface area contributed by atoms with Gasteiger partial charge >= 0.3 is 0 Å². The number of piperazine rings is 1. The largest absolute Gasteiger partial charge is 0.400 e. The van der Waals surface area contributed by atoms with Gasteiger partial charge in [0.25, 0.3) is 0 Å². The van der Waals surface area contributed by atoms with Crippen molar-refractivity contribution in [3.05, 3.63) is 36.1 Å². The normalized spacial score (nSPS) is 30.0. The minimum absolute atomic E-state index is 0.427. The molecule has 5 nitrogen and oxygen atoms in total. The van der Waals surface area contributed by atoms with Crippen LogP contribution in [0, 0.1) is 5.92 Å². The molecule has 0 radical (unpaired) electrons. The zero-order valence-electron chi connectivity index (χ0n) is 14.7. The fourth-order valence-electron chi connectivity index (χ4n) is 3.87.